The van der Waals surface area contributed by atoms with Gasteiger partial charge in [-0.2, -0.15) is 0 Å². The minimum absolute atomic E-state index is 0.112. The van der Waals surface area contributed by atoms with Gasteiger partial charge in [-0.15, -0.1) is 6.42 Å². The Morgan fingerprint density at radius 3 is 2.24 bits per heavy atom. The highest BCUT2D eigenvalue weighted by atomic mass is 16.5. The molecule has 1 unspecified atom stereocenters. The van der Waals surface area contributed by atoms with Crippen LogP contribution >= 0.6 is 0 Å². The first-order valence-corrected chi connectivity index (χ1v) is 5.67. The number of nitrogens with one attached hydrogen (secondary N) is 1. The highest BCUT2D eigenvalue weighted by Crippen LogP contribution is 2.26. The number of methoxy groups -OCH3 is 2. The quantitative estimate of drug-likeness (QED) is 0.765. The van der Waals surface area contributed by atoms with E-state index in [9.17, 15) is 0 Å². The standard InChI is InChI=1S/C14H19NO2/c1-5-7-15-14(6-2)11-8-12(16-3)10-13(9-11)17-4/h2,8-10,14-15H,5,7H2,1,3-4H3. The van der Waals surface area contributed by atoms with Crippen LogP contribution in [0.15, 0.2) is 18.2 Å². The minimum Gasteiger partial charge on any atom is -0.497 e. The van der Waals surface area contributed by atoms with E-state index in [4.69, 9.17) is 15.9 Å². The first-order valence-electron chi connectivity index (χ1n) is 5.67. The lowest BCUT2D eigenvalue weighted by Crippen LogP contribution is -2.20. The van der Waals surface area contributed by atoms with Gasteiger partial charge in [0.25, 0.3) is 0 Å². The zero-order chi connectivity index (χ0) is 12.7. The van der Waals surface area contributed by atoms with Gasteiger partial charge >= 0.3 is 0 Å². The van der Waals surface area contributed by atoms with Crippen LogP contribution in [0.3, 0.4) is 0 Å². The SMILES string of the molecule is C#CC(NCCC)c1cc(OC)cc(OC)c1. The topological polar surface area (TPSA) is 30.5 Å². The molecule has 0 fully saturated rings. The number of hydrogen-bond acceptors (Lipinski definition) is 3. The van der Waals surface area contributed by atoms with Crippen LogP contribution in [0.5, 0.6) is 11.5 Å². The van der Waals surface area contributed by atoms with Gasteiger partial charge in [0.05, 0.1) is 20.3 Å². The van der Waals surface area contributed by atoms with Crippen LogP contribution in [0.25, 0.3) is 0 Å². The Labute approximate surface area is 103 Å². The summed E-state index contributed by atoms with van der Waals surface area (Å²) in [5, 5.41) is 3.29. The summed E-state index contributed by atoms with van der Waals surface area (Å²) in [5.74, 6) is 4.23. The zero-order valence-corrected chi connectivity index (χ0v) is 10.6. The number of hydrogen-bond donors (Lipinski definition) is 1. The Hall–Kier alpha value is -1.66. The van der Waals surface area contributed by atoms with Gasteiger partial charge in [0.1, 0.15) is 11.5 Å². The molecule has 1 atom stereocenters. The second kappa shape index (κ2) is 6.82. The van der Waals surface area contributed by atoms with Crippen molar-refractivity contribution in [3.63, 3.8) is 0 Å². The van der Waals surface area contributed by atoms with Crippen molar-refractivity contribution in [2.45, 2.75) is 19.4 Å². The Kier molecular flexibility index (Phi) is 5.38. The zero-order valence-electron chi connectivity index (χ0n) is 10.6. The van der Waals surface area contributed by atoms with Crippen molar-refractivity contribution >= 4 is 0 Å². The maximum absolute atomic E-state index is 5.53. The Balaban J connectivity index is 2.97. The minimum atomic E-state index is -0.112. The van der Waals surface area contributed by atoms with Gasteiger partial charge in [-0.05, 0) is 30.7 Å². The van der Waals surface area contributed by atoms with Crippen molar-refractivity contribution < 1.29 is 9.47 Å². The molecule has 0 saturated heterocycles. The van der Waals surface area contributed by atoms with Crippen LogP contribution in [0.4, 0.5) is 0 Å². The molecule has 0 heterocycles. The fraction of sp³-hybridized carbons (Fsp3) is 0.429. The van der Waals surface area contributed by atoms with E-state index in [1.54, 1.807) is 14.2 Å². The molecule has 0 spiro atoms. The first-order chi connectivity index (χ1) is 8.24. The molecule has 1 aromatic carbocycles. The number of terminal acetylenes is 1. The third-order valence-electron chi connectivity index (χ3n) is 2.47. The molecule has 0 aliphatic rings. The van der Waals surface area contributed by atoms with E-state index in [1.165, 1.54) is 0 Å². The predicted molar refractivity (Wildman–Crippen MR) is 69.4 cm³/mol. The molecule has 17 heavy (non-hydrogen) atoms. The maximum Gasteiger partial charge on any atom is 0.122 e. The normalized spacial score (nSPS) is 11.6. The number of ether oxygens (including phenoxy) is 2. The Bertz CT molecular complexity index is 373. The Morgan fingerprint density at radius 2 is 1.82 bits per heavy atom. The fourth-order valence-electron chi connectivity index (χ4n) is 1.56. The van der Waals surface area contributed by atoms with Crippen molar-refractivity contribution in [2.75, 3.05) is 20.8 Å². The van der Waals surface area contributed by atoms with Crippen molar-refractivity contribution in [2.24, 2.45) is 0 Å². The van der Waals surface area contributed by atoms with E-state index in [0.29, 0.717) is 0 Å². The van der Waals surface area contributed by atoms with Crippen molar-refractivity contribution in [1.29, 1.82) is 0 Å². The molecule has 1 N–H and O–H groups in total. The van der Waals surface area contributed by atoms with E-state index in [-0.39, 0.29) is 6.04 Å². The predicted octanol–water partition coefficient (Wildman–Crippen LogP) is 2.38. The molecule has 92 valence electrons. The third kappa shape index (κ3) is 3.69. The van der Waals surface area contributed by atoms with Gasteiger partial charge in [0.15, 0.2) is 0 Å². The van der Waals surface area contributed by atoms with Crippen LogP contribution in [0, 0.1) is 12.3 Å². The average molecular weight is 233 g/mol. The lowest BCUT2D eigenvalue weighted by Gasteiger charge is -2.15. The van der Waals surface area contributed by atoms with Crippen LogP contribution < -0.4 is 14.8 Å². The van der Waals surface area contributed by atoms with E-state index in [2.05, 4.69) is 18.2 Å². The summed E-state index contributed by atoms with van der Waals surface area (Å²) in [5.41, 5.74) is 0.983. The third-order valence-corrected chi connectivity index (χ3v) is 2.47. The summed E-state index contributed by atoms with van der Waals surface area (Å²) >= 11 is 0. The maximum atomic E-state index is 5.53. The molecule has 0 aliphatic carbocycles. The summed E-state index contributed by atoms with van der Waals surface area (Å²) in [4.78, 5) is 0. The smallest absolute Gasteiger partial charge is 0.122 e. The van der Waals surface area contributed by atoms with E-state index >= 15 is 0 Å². The molecule has 0 aromatic heterocycles. The Morgan fingerprint density at radius 1 is 1.24 bits per heavy atom. The molecule has 0 saturated carbocycles. The van der Waals surface area contributed by atoms with E-state index in [1.807, 2.05) is 18.2 Å². The van der Waals surface area contributed by atoms with Crippen molar-refractivity contribution in [1.82, 2.24) is 5.32 Å². The molecule has 3 nitrogen and oxygen atoms in total. The first kappa shape index (κ1) is 13.4. The molecule has 0 bridgehead atoms. The second-order valence-electron chi connectivity index (χ2n) is 3.70. The van der Waals surface area contributed by atoms with Crippen LogP contribution in [-0.4, -0.2) is 20.8 Å². The van der Waals surface area contributed by atoms with Gasteiger partial charge < -0.3 is 9.47 Å². The summed E-state index contributed by atoms with van der Waals surface area (Å²) in [7, 11) is 3.26. The monoisotopic (exact) mass is 233 g/mol. The van der Waals surface area contributed by atoms with Crippen molar-refractivity contribution in [3.05, 3.63) is 23.8 Å². The molecular weight excluding hydrogens is 214 g/mol. The van der Waals surface area contributed by atoms with Gasteiger partial charge in [-0.1, -0.05) is 12.8 Å². The molecule has 3 heteroatoms. The molecule has 0 amide bonds. The van der Waals surface area contributed by atoms with Crippen molar-refractivity contribution in [3.8, 4) is 23.8 Å². The molecule has 1 aromatic rings. The second-order valence-corrected chi connectivity index (χ2v) is 3.70. The molecule has 1 rings (SSSR count). The van der Waals surface area contributed by atoms with Gasteiger partial charge in [-0.25, -0.2) is 0 Å². The van der Waals surface area contributed by atoms with Crippen LogP contribution in [0.2, 0.25) is 0 Å². The van der Waals surface area contributed by atoms with Gasteiger partial charge in [0, 0.05) is 6.07 Å². The highest BCUT2D eigenvalue weighted by Gasteiger charge is 2.10. The van der Waals surface area contributed by atoms with Crippen LogP contribution in [0.1, 0.15) is 24.9 Å². The lowest BCUT2D eigenvalue weighted by molar-refractivity contribution is 0.392. The lowest BCUT2D eigenvalue weighted by atomic mass is 10.1. The van der Waals surface area contributed by atoms with Crippen LogP contribution in [-0.2, 0) is 0 Å². The highest BCUT2D eigenvalue weighted by molar-refractivity contribution is 5.41. The van der Waals surface area contributed by atoms with E-state index in [0.717, 1.165) is 30.0 Å². The van der Waals surface area contributed by atoms with Gasteiger partial charge in [-0.3, -0.25) is 5.32 Å². The summed E-state index contributed by atoms with van der Waals surface area (Å²) in [6, 6.07) is 5.57. The summed E-state index contributed by atoms with van der Waals surface area (Å²) < 4.78 is 10.4. The number of benzene rings is 1. The van der Waals surface area contributed by atoms with E-state index < -0.39 is 0 Å². The number of rotatable bonds is 6. The summed E-state index contributed by atoms with van der Waals surface area (Å²) in [6.07, 6.45) is 6.58. The molecular formula is C14H19NO2. The molecule has 0 aliphatic heterocycles. The van der Waals surface area contributed by atoms with Gasteiger partial charge in [0.2, 0.25) is 0 Å². The fourth-order valence-corrected chi connectivity index (χ4v) is 1.56. The summed E-state index contributed by atoms with van der Waals surface area (Å²) in [6.45, 7) is 2.99. The largest absolute Gasteiger partial charge is 0.497 e. The average Bonchev–Trinajstić information content (AvgIpc) is 2.39. The molecule has 0 radical (unpaired) electrons.